The monoisotopic (exact) mass is 267 g/mol. The Morgan fingerprint density at radius 2 is 1.84 bits per heavy atom. The van der Waals surface area contributed by atoms with Crippen LogP contribution in [0.5, 0.6) is 0 Å². The molecular formula is C15H29N3O. The first kappa shape index (κ1) is 16.4. The van der Waals surface area contributed by atoms with E-state index in [0.717, 1.165) is 45.6 Å². The number of hydrogen-bond donors (Lipinski definition) is 1. The van der Waals surface area contributed by atoms with Crippen LogP contribution in [0.15, 0.2) is 0 Å². The molecule has 0 bridgehead atoms. The van der Waals surface area contributed by atoms with E-state index in [2.05, 4.69) is 36.6 Å². The molecule has 0 radical (unpaired) electrons. The Morgan fingerprint density at radius 3 is 2.26 bits per heavy atom. The minimum absolute atomic E-state index is 0.0674. The van der Waals surface area contributed by atoms with Crippen LogP contribution in [0.25, 0.3) is 0 Å². The summed E-state index contributed by atoms with van der Waals surface area (Å²) in [6.07, 6.45) is 2.01. The molecule has 110 valence electrons. The molecular weight excluding hydrogens is 238 g/mol. The Hall–Kier alpha value is -0.630. The molecule has 1 aliphatic heterocycles. The molecule has 0 saturated carbocycles. The largest absolute Gasteiger partial charge is 0.389 e. The Bertz CT molecular complexity index is 301. The second-order valence-corrected chi connectivity index (χ2v) is 6.26. The van der Waals surface area contributed by atoms with Crippen molar-refractivity contribution in [3.63, 3.8) is 0 Å². The Labute approximate surface area is 118 Å². The van der Waals surface area contributed by atoms with E-state index in [1.807, 2.05) is 6.92 Å². The molecule has 19 heavy (non-hydrogen) atoms. The molecule has 0 aliphatic carbocycles. The standard InChI is InChI=1S/C15H29N3O/c1-5-6-14(11-16)18-9-7-17(8-10-18)12-15(4,19)13(2)3/h13-14,19H,5-10,12H2,1-4H3. The smallest absolute Gasteiger partial charge is 0.0978 e. The van der Waals surface area contributed by atoms with Gasteiger partial charge in [0.1, 0.15) is 0 Å². The Balaban J connectivity index is 2.43. The van der Waals surface area contributed by atoms with Crippen LogP contribution in [0.1, 0.15) is 40.5 Å². The van der Waals surface area contributed by atoms with Crippen molar-refractivity contribution in [1.29, 1.82) is 5.26 Å². The lowest BCUT2D eigenvalue weighted by Gasteiger charge is -2.40. The molecule has 2 atom stereocenters. The molecule has 0 amide bonds. The number of rotatable bonds is 6. The first-order chi connectivity index (χ1) is 8.90. The zero-order valence-electron chi connectivity index (χ0n) is 12.9. The summed E-state index contributed by atoms with van der Waals surface area (Å²) in [7, 11) is 0. The Morgan fingerprint density at radius 1 is 1.26 bits per heavy atom. The van der Waals surface area contributed by atoms with Crippen LogP contribution >= 0.6 is 0 Å². The first-order valence-corrected chi connectivity index (χ1v) is 7.49. The fourth-order valence-electron chi connectivity index (χ4n) is 2.47. The van der Waals surface area contributed by atoms with Gasteiger partial charge in [0.15, 0.2) is 0 Å². The highest BCUT2D eigenvalue weighted by atomic mass is 16.3. The molecule has 1 heterocycles. The topological polar surface area (TPSA) is 50.5 Å². The van der Waals surface area contributed by atoms with E-state index in [0.29, 0.717) is 0 Å². The van der Waals surface area contributed by atoms with Gasteiger partial charge in [-0.2, -0.15) is 5.26 Å². The molecule has 2 unspecified atom stereocenters. The molecule has 0 aromatic rings. The van der Waals surface area contributed by atoms with Gasteiger partial charge in [-0.05, 0) is 19.3 Å². The van der Waals surface area contributed by atoms with E-state index < -0.39 is 5.60 Å². The van der Waals surface area contributed by atoms with Gasteiger partial charge in [0.2, 0.25) is 0 Å². The van der Waals surface area contributed by atoms with Crippen LogP contribution in [0.4, 0.5) is 0 Å². The van der Waals surface area contributed by atoms with Crippen LogP contribution in [0.2, 0.25) is 0 Å². The van der Waals surface area contributed by atoms with Gasteiger partial charge in [-0.3, -0.25) is 9.80 Å². The van der Waals surface area contributed by atoms with E-state index in [1.165, 1.54) is 0 Å². The lowest BCUT2D eigenvalue weighted by molar-refractivity contribution is -0.0307. The van der Waals surface area contributed by atoms with Gasteiger partial charge in [-0.25, -0.2) is 0 Å². The molecule has 1 saturated heterocycles. The van der Waals surface area contributed by atoms with Gasteiger partial charge in [0, 0.05) is 32.7 Å². The molecule has 1 fully saturated rings. The molecule has 0 aromatic heterocycles. The van der Waals surface area contributed by atoms with Gasteiger partial charge in [0.25, 0.3) is 0 Å². The quantitative estimate of drug-likeness (QED) is 0.796. The van der Waals surface area contributed by atoms with E-state index in [9.17, 15) is 10.4 Å². The van der Waals surface area contributed by atoms with Crippen molar-refractivity contribution in [2.24, 2.45) is 5.92 Å². The highest BCUT2D eigenvalue weighted by Crippen LogP contribution is 2.19. The average Bonchev–Trinajstić information content (AvgIpc) is 2.36. The predicted molar refractivity (Wildman–Crippen MR) is 77.8 cm³/mol. The molecule has 1 rings (SSSR count). The summed E-state index contributed by atoms with van der Waals surface area (Å²) in [6, 6.07) is 2.48. The number of aliphatic hydroxyl groups is 1. The maximum atomic E-state index is 10.3. The van der Waals surface area contributed by atoms with Crippen molar-refractivity contribution in [1.82, 2.24) is 9.80 Å². The van der Waals surface area contributed by atoms with E-state index in [4.69, 9.17) is 0 Å². The molecule has 0 spiro atoms. The van der Waals surface area contributed by atoms with E-state index in [-0.39, 0.29) is 12.0 Å². The fourth-order valence-corrected chi connectivity index (χ4v) is 2.47. The summed E-state index contributed by atoms with van der Waals surface area (Å²) in [5.74, 6) is 0.262. The van der Waals surface area contributed by atoms with Gasteiger partial charge >= 0.3 is 0 Å². The summed E-state index contributed by atoms with van der Waals surface area (Å²) in [4.78, 5) is 4.60. The minimum Gasteiger partial charge on any atom is -0.389 e. The fraction of sp³-hybridized carbons (Fsp3) is 0.933. The van der Waals surface area contributed by atoms with Crippen molar-refractivity contribution >= 4 is 0 Å². The normalized spacial score (nSPS) is 23.0. The third kappa shape index (κ3) is 4.76. The van der Waals surface area contributed by atoms with E-state index >= 15 is 0 Å². The lowest BCUT2D eigenvalue weighted by Crippen LogP contribution is -2.54. The molecule has 4 heteroatoms. The number of β-amino-alcohol motifs (C(OH)–C–C–N with tert-alkyl or cyclic N) is 1. The number of nitriles is 1. The predicted octanol–water partition coefficient (Wildman–Crippen LogP) is 1.70. The van der Waals surface area contributed by atoms with Crippen molar-refractivity contribution in [2.75, 3.05) is 32.7 Å². The second-order valence-electron chi connectivity index (χ2n) is 6.26. The van der Waals surface area contributed by atoms with Crippen LogP contribution in [-0.2, 0) is 0 Å². The highest BCUT2D eigenvalue weighted by molar-refractivity contribution is 4.94. The summed E-state index contributed by atoms with van der Waals surface area (Å²) >= 11 is 0. The second kappa shape index (κ2) is 7.23. The third-order valence-corrected chi connectivity index (χ3v) is 4.35. The van der Waals surface area contributed by atoms with Crippen molar-refractivity contribution in [3.05, 3.63) is 0 Å². The maximum Gasteiger partial charge on any atom is 0.0978 e. The summed E-state index contributed by atoms with van der Waals surface area (Å²) in [6.45, 7) is 12.7. The van der Waals surface area contributed by atoms with Crippen LogP contribution in [-0.4, -0.2) is 59.3 Å². The van der Waals surface area contributed by atoms with Crippen molar-refractivity contribution in [2.45, 2.75) is 52.2 Å². The number of hydrogen-bond acceptors (Lipinski definition) is 4. The maximum absolute atomic E-state index is 10.3. The van der Waals surface area contributed by atoms with Gasteiger partial charge in [0.05, 0.1) is 17.7 Å². The summed E-state index contributed by atoms with van der Waals surface area (Å²) in [5, 5.41) is 19.5. The van der Waals surface area contributed by atoms with Crippen molar-refractivity contribution < 1.29 is 5.11 Å². The van der Waals surface area contributed by atoms with Gasteiger partial charge in [-0.15, -0.1) is 0 Å². The third-order valence-electron chi connectivity index (χ3n) is 4.35. The lowest BCUT2D eigenvalue weighted by atomic mass is 9.92. The molecule has 1 aliphatic rings. The number of piperazine rings is 1. The molecule has 4 nitrogen and oxygen atoms in total. The number of nitrogens with zero attached hydrogens (tertiary/aromatic N) is 3. The SMILES string of the molecule is CCCC(C#N)N1CCN(CC(C)(O)C(C)C)CC1. The van der Waals surface area contributed by atoms with E-state index in [1.54, 1.807) is 0 Å². The van der Waals surface area contributed by atoms with Gasteiger partial charge < -0.3 is 5.11 Å². The average molecular weight is 267 g/mol. The molecule has 1 N–H and O–H groups in total. The van der Waals surface area contributed by atoms with Crippen LogP contribution in [0, 0.1) is 17.2 Å². The van der Waals surface area contributed by atoms with Crippen molar-refractivity contribution in [3.8, 4) is 6.07 Å². The highest BCUT2D eigenvalue weighted by Gasteiger charge is 2.30. The Kier molecular flexibility index (Phi) is 6.25. The minimum atomic E-state index is -0.625. The molecule has 0 aromatic carbocycles. The van der Waals surface area contributed by atoms with Gasteiger partial charge in [-0.1, -0.05) is 27.2 Å². The summed E-state index contributed by atoms with van der Waals surface area (Å²) < 4.78 is 0. The zero-order chi connectivity index (χ0) is 14.5. The zero-order valence-corrected chi connectivity index (χ0v) is 12.9. The first-order valence-electron chi connectivity index (χ1n) is 7.49. The van der Waals surface area contributed by atoms with Crippen LogP contribution in [0.3, 0.4) is 0 Å². The summed E-state index contributed by atoms with van der Waals surface area (Å²) in [5.41, 5.74) is -0.625. The van der Waals surface area contributed by atoms with Crippen LogP contribution < -0.4 is 0 Å².